The summed E-state index contributed by atoms with van der Waals surface area (Å²) in [4.78, 5) is 1.13. The summed E-state index contributed by atoms with van der Waals surface area (Å²) in [6.45, 7) is 1.92. The predicted molar refractivity (Wildman–Crippen MR) is 141 cm³/mol. The van der Waals surface area contributed by atoms with Crippen molar-refractivity contribution in [1.29, 1.82) is 0 Å². The van der Waals surface area contributed by atoms with E-state index >= 15 is 0 Å². The van der Waals surface area contributed by atoms with Crippen LogP contribution in [-0.2, 0) is 0 Å². The zero-order chi connectivity index (χ0) is 23.2. The minimum Gasteiger partial charge on any atom is -0.508 e. The van der Waals surface area contributed by atoms with E-state index in [0.717, 1.165) is 54.8 Å². The van der Waals surface area contributed by atoms with Crippen LogP contribution in [0.25, 0.3) is 16.7 Å². The Balaban J connectivity index is 1.60. The van der Waals surface area contributed by atoms with Crippen molar-refractivity contribution in [2.45, 2.75) is 11.8 Å². The van der Waals surface area contributed by atoms with Crippen LogP contribution in [0.4, 0.5) is 0 Å². The van der Waals surface area contributed by atoms with Gasteiger partial charge in [-0.3, -0.25) is 0 Å². The molecule has 4 aromatic rings. The molecule has 0 saturated carbocycles. The summed E-state index contributed by atoms with van der Waals surface area (Å²) in [6, 6.07) is 30.4. The second kappa shape index (κ2) is 10.7. The van der Waals surface area contributed by atoms with Gasteiger partial charge in [0.2, 0.25) is 0 Å². The van der Waals surface area contributed by atoms with Gasteiger partial charge in [0.05, 0.1) is 7.11 Å². The molecule has 4 rings (SSSR count). The summed E-state index contributed by atoms with van der Waals surface area (Å²) < 4.78 is 5.26. The van der Waals surface area contributed by atoms with Gasteiger partial charge in [0.15, 0.2) is 0 Å². The molecule has 2 nitrogen and oxygen atoms in total. The zero-order valence-electron chi connectivity index (χ0n) is 18.6. The third-order valence-electron chi connectivity index (χ3n) is 5.48. The molecule has 0 bridgehead atoms. The summed E-state index contributed by atoms with van der Waals surface area (Å²) in [7, 11) is 1.68. The first-order valence-electron chi connectivity index (χ1n) is 10.7. The molecule has 4 aromatic carbocycles. The van der Waals surface area contributed by atoms with E-state index in [-0.39, 0.29) is 0 Å². The van der Waals surface area contributed by atoms with Gasteiger partial charge >= 0.3 is 0 Å². The molecule has 4 heteroatoms. The standard InChI is InChI=1S/C29H25ClO2S/c1-20-19-27(15-16-29(20)31)33-18-17-28(24-7-11-25(30)12-8-24)23-5-3-21(4-6-23)22-9-13-26(32-2)14-10-22/h3-17,19,31H,18H2,1-2H3. The van der Waals surface area contributed by atoms with Crippen molar-refractivity contribution in [2.24, 2.45) is 0 Å². The minimum absolute atomic E-state index is 0.327. The van der Waals surface area contributed by atoms with Crippen molar-refractivity contribution in [1.82, 2.24) is 0 Å². The summed E-state index contributed by atoms with van der Waals surface area (Å²) in [6.07, 6.45) is 2.25. The van der Waals surface area contributed by atoms with Crippen LogP contribution in [-0.4, -0.2) is 18.0 Å². The summed E-state index contributed by atoms with van der Waals surface area (Å²) >= 11 is 7.87. The van der Waals surface area contributed by atoms with Crippen molar-refractivity contribution in [3.05, 3.63) is 119 Å². The number of hydrogen-bond acceptors (Lipinski definition) is 3. The lowest BCUT2D eigenvalue weighted by molar-refractivity contribution is 0.415. The van der Waals surface area contributed by atoms with Crippen molar-refractivity contribution >= 4 is 28.9 Å². The van der Waals surface area contributed by atoms with Crippen LogP contribution in [0.1, 0.15) is 16.7 Å². The molecule has 1 N–H and O–H groups in total. The zero-order valence-corrected chi connectivity index (χ0v) is 20.2. The van der Waals surface area contributed by atoms with Gasteiger partial charge in [-0.15, -0.1) is 11.8 Å². The monoisotopic (exact) mass is 472 g/mol. The number of hydrogen-bond donors (Lipinski definition) is 1. The predicted octanol–water partition coefficient (Wildman–Crippen LogP) is 8.25. The Morgan fingerprint density at radius 2 is 1.42 bits per heavy atom. The molecule has 0 atom stereocenters. The lowest BCUT2D eigenvalue weighted by Gasteiger charge is -2.11. The molecule has 0 aliphatic heterocycles. The van der Waals surface area contributed by atoms with Crippen LogP contribution in [0.5, 0.6) is 11.5 Å². The van der Waals surface area contributed by atoms with E-state index in [1.807, 2.05) is 43.3 Å². The number of ether oxygens (including phenoxy) is 1. The molecule has 0 aromatic heterocycles. The Morgan fingerprint density at radius 1 is 0.848 bits per heavy atom. The Kier molecular flexibility index (Phi) is 7.43. The van der Waals surface area contributed by atoms with Crippen molar-refractivity contribution in [2.75, 3.05) is 12.9 Å². The molecular weight excluding hydrogens is 448 g/mol. The lowest BCUT2D eigenvalue weighted by Crippen LogP contribution is -1.90. The quantitative estimate of drug-likeness (QED) is 0.274. The molecule has 33 heavy (non-hydrogen) atoms. The average Bonchev–Trinajstić information content (AvgIpc) is 2.85. The number of methoxy groups -OCH3 is 1. The van der Waals surface area contributed by atoms with Gasteiger partial charge < -0.3 is 9.84 Å². The Bertz CT molecular complexity index is 1240. The van der Waals surface area contributed by atoms with Crippen molar-refractivity contribution in [3.63, 3.8) is 0 Å². The van der Waals surface area contributed by atoms with E-state index in [4.69, 9.17) is 16.3 Å². The number of benzene rings is 4. The van der Waals surface area contributed by atoms with Crippen LogP contribution in [0.3, 0.4) is 0 Å². The fourth-order valence-electron chi connectivity index (χ4n) is 3.60. The largest absolute Gasteiger partial charge is 0.508 e. The SMILES string of the molecule is COc1ccc(-c2ccc(C(=CCSc3ccc(O)c(C)c3)c3ccc(Cl)cc3)cc2)cc1. The molecule has 0 amide bonds. The van der Waals surface area contributed by atoms with Crippen LogP contribution in [0.2, 0.25) is 5.02 Å². The Labute approximate surface area is 204 Å². The number of aryl methyl sites for hydroxylation is 1. The summed E-state index contributed by atoms with van der Waals surface area (Å²) in [5.74, 6) is 1.99. The van der Waals surface area contributed by atoms with Gasteiger partial charge in [0.1, 0.15) is 11.5 Å². The first-order valence-corrected chi connectivity index (χ1v) is 12.0. The fourth-order valence-corrected chi connectivity index (χ4v) is 4.59. The molecule has 0 saturated heterocycles. The van der Waals surface area contributed by atoms with Gasteiger partial charge in [0, 0.05) is 15.7 Å². The third-order valence-corrected chi connectivity index (χ3v) is 6.65. The molecule has 0 aliphatic rings. The highest BCUT2D eigenvalue weighted by molar-refractivity contribution is 7.99. The molecular formula is C29H25ClO2S. The summed E-state index contributed by atoms with van der Waals surface area (Å²) in [5.41, 5.74) is 6.63. The molecule has 0 heterocycles. The molecule has 0 aliphatic carbocycles. The highest BCUT2D eigenvalue weighted by atomic mass is 35.5. The van der Waals surface area contributed by atoms with E-state index in [1.54, 1.807) is 24.9 Å². The second-order valence-corrected chi connectivity index (χ2v) is 9.22. The molecule has 0 spiro atoms. The van der Waals surface area contributed by atoms with Crippen LogP contribution in [0.15, 0.2) is 102 Å². The summed E-state index contributed by atoms with van der Waals surface area (Å²) in [5, 5.41) is 10.5. The number of rotatable bonds is 7. The van der Waals surface area contributed by atoms with Gasteiger partial charge in [0.25, 0.3) is 0 Å². The van der Waals surface area contributed by atoms with Crippen LogP contribution < -0.4 is 4.74 Å². The first-order chi connectivity index (χ1) is 16.0. The van der Waals surface area contributed by atoms with E-state index in [0.29, 0.717) is 5.75 Å². The number of halogens is 1. The molecule has 0 unspecified atom stereocenters. The maximum Gasteiger partial charge on any atom is 0.118 e. The molecule has 0 radical (unpaired) electrons. The minimum atomic E-state index is 0.327. The smallest absolute Gasteiger partial charge is 0.118 e. The van der Waals surface area contributed by atoms with E-state index in [1.165, 1.54) is 0 Å². The normalized spacial score (nSPS) is 11.4. The van der Waals surface area contributed by atoms with Crippen LogP contribution >= 0.6 is 23.4 Å². The Hall–Kier alpha value is -3.14. The Morgan fingerprint density at radius 3 is 2.00 bits per heavy atom. The van der Waals surface area contributed by atoms with E-state index in [9.17, 15) is 5.11 Å². The topological polar surface area (TPSA) is 29.5 Å². The second-order valence-electron chi connectivity index (χ2n) is 7.69. The van der Waals surface area contributed by atoms with Gasteiger partial charge in [-0.2, -0.15) is 0 Å². The van der Waals surface area contributed by atoms with Crippen LogP contribution in [0, 0.1) is 6.92 Å². The molecule has 0 fully saturated rings. The average molecular weight is 473 g/mol. The van der Waals surface area contributed by atoms with Crippen molar-refractivity contribution < 1.29 is 9.84 Å². The first kappa shape index (κ1) is 23.0. The maximum atomic E-state index is 9.77. The van der Waals surface area contributed by atoms with E-state index in [2.05, 4.69) is 54.6 Å². The number of thioether (sulfide) groups is 1. The number of phenols is 1. The number of aromatic hydroxyl groups is 1. The number of phenolic OH excluding ortho intramolecular Hbond substituents is 1. The highest BCUT2D eigenvalue weighted by Crippen LogP contribution is 2.30. The van der Waals surface area contributed by atoms with Gasteiger partial charge in [-0.25, -0.2) is 0 Å². The van der Waals surface area contributed by atoms with Gasteiger partial charge in [-0.1, -0.05) is 66.2 Å². The maximum absolute atomic E-state index is 9.77. The van der Waals surface area contributed by atoms with Gasteiger partial charge in [-0.05, 0) is 82.8 Å². The van der Waals surface area contributed by atoms with E-state index < -0.39 is 0 Å². The lowest BCUT2D eigenvalue weighted by atomic mass is 9.95. The van der Waals surface area contributed by atoms with Crippen molar-refractivity contribution in [3.8, 4) is 22.6 Å². The fraction of sp³-hybridized carbons (Fsp3) is 0.103. The highest BCUT2D eigenvalue weighted by Gasteiger charge is 2.07. The molecule has 166 valence electrons. The third kappa shape index (κ3) is 5.81.